The summed E-state index contributed by atoms with van der Waals surface area (Å²) in [6.45, 7) is 6.93. The Kier molecular flexibility index (Phi) is 6.74. The van der Waals surface area contributed by atoms with Gasteiger partial charge in [-0.05, 0) is 49.1 Å². The second-order valence-electron chi connectivity index (χ2n) is 10.2. The van der Waals surface area contributed by atoms with Gasteiger partial charge in [-0.15, -0.1) is 0 Å². The fourth-order valence-electron chi connectivity index (χ4n) is 5.43. The zero-order chi connectivity index (χ0) is 26.9. The number of fused-ring (bicyclic) bond motifs is 1. The zero-order valence-electron chi connectivity index (χ0n) is 22.1. The largest absolute Gasteiger partial charge is 0.377 e. The number of anilines is 2. The number of hydrogen-bond acceptors (Lipinski definition) is 7. The van der Waals surface area contributed by atoms with Gasteiger partial charge in [0.25, 0.3) is 0 Å². The molecule has 4 aromatic rings. The first kappa shape index (κ1) is 25.1. The predicted molar refractivity (Wildman–Crippen MR) is 148 cm³/mol. The van der Waals surface area contributed by atoms with E-state index < -0.39 is 0 Å². The maximum atomic E-state index is 12.9. The third-order valence-corrected chi connectivity index (χ3v) is 7.59. The Bertz CT molecular complexity index is 1480. The Balaban J connectivity index is 1.31. The topological polar surface area (TPSA) is 121 Å². The summed E-state index contributed by atoms with van der Waals surface area (Å²) in [5.74, 6) is 1.29. The van der Waals surface area contributed by atoms with Gasteiger partial charge in [0.15, 0.2) is 11.5 Å². The molecule has 11 heteroatoms. The van der Waals surface area contributed by atoms with Crippen molar-refractivity contribution in [1.82, 2.24) is 29.9 Å². The number of ether oxygens (including phenoxy) is 1. The molecule has 2 atom stereocenters. The molecule has 2 aliphatic rings. The average molecular weight is 529 g/mol. The van der Waals surface area contributed by atoms with E-state index in [-0.39, 0.29) is 23.8 Å². The molecular formula is C28H32N8O3. The minimum atomic E-state index is -0.201. The second kappa shape index (κ2) is 10.5. The molecular weight excluding hydrogens is 496 g/mol. The summed E-state index contributed by atoms with van der Waals surface area (Å²) in [5, 5.41) is 15.7. The van der Waals surface area contributed by atoms with Gasteiger partial charge in [-0.3, -0.25) is 14.7 Å². The molecule has 6 rings (SSSR count). The predicted octanol–water partition coefficient (Wildman–Crippen LogP) is 3.23. The van der Waals surface area contributed by atoms with Crippen LogP contribution in [0.3, 0.4) is 0 Å². The van der Waals surface area contributed by atoms with Gasteiger partial charge in [0.1, 0.15) is 5.82 Å². The van der Waals surface area contributed by atoms with Crippen molar-refractivity contribution >= 4 is 34.4 Å². The second-order valence-corrected chi connectivity index (χ2v) is 10.2. The number of piperidine rings is 1. The van der Waals surface area contributed by atoms with Crippen LogP contribution in [0.5, 0.6) is 0 Å². The molecule has 5 heterocycles. The van der Waals surface area contributed by atoms with Gasteiger partial charge in [0.2, 0.25) is 11.8 Å². The number of likely N-dealkylation sites (tertiary alicyclic amines) is 1. The lowest BCUT2D eigenvalue weighted by Gasteiger charge is -2.34. The normalized spacial score (nSPS) is 19.8. The van der Waals surface area contributed by atoms with Crippen LogP contribution in [0.25, 0.3) is 28.0 Å². The molecule has 0 spiro atoms. The number of aromatic nitrogens is 5. The number of amides is 2. The number of aromatic amines is 1. The van der Waals surface area contributed by atoms with Gasteiger partial charge < -0.3 is 19.9 Å². The van der Waals surface area contributed by atoms with Crippen LogP contribution in [0.4, 0.5) is 11.5 Å². The van der Waals surface area contributed by atoms with Crippen LogP contribution in [0, 0.1) is 5.92 Å². The van der Waals surface area contributed by atoms with Gasteiger partial charge in [0.05, 0.1) is 31.4 Å². The Labute approximate surface area is 226 Å². The van der Waals surface area contributed by atoms with Crippen molar-refractivity contribution in [2.75, 3.05) is 43.1 Å². The molecule has 11 nitrogen and oxygen atoms in total. The standard InChI is InChI=1S/C28H32N8O3/c1-18-17-39-13-12-35(18)26-14-23(24-15-30-36(27(24)32-26)25-9-10-29-33-25)20-5-7-22(8-6-20)31-28(38)21-4-3-11-34(16-21)19(2)37/h5-10,14-15,18,21H,3-4,11-13,16-17H2,1-2H3,(H,29,33)(H,31,38)/t18-,21?/m1/s1. The third kappa shape index (κ3) is 4.97. The molecule has 2 amide bonds. The number of nitrogens with zero attached hydrogens (tertiary/aromatic N) is 6. The highest BCUT2D eigenvalue weighted by atomic mass is 16.5. The molecule has 202 valence electrons. The molecule has 39 heavy (non-hydrogen) atoms. The number of H-pyrrole nitrogens is 1. The summed E-state index contributed by atoms with van der Waals surface area (Å²) < 4.78 is 7.40. The van der Waals surface area contributed by atoms with Crippen LogP contribution in [-0.4, -0.2) is 80.6 Å². The zero-order valence-corrected chi connectivity index (χ0v) is 22.1. The van der Waals surface area contributed by atoms with E-state index in [1.165, 1.54) is 0 Å². The van der Waals surface area contributed by atoms with Crippen molar-refractivity contribution in [2.45, 2.75) is 32.7 Å². The Morgan fingerprint density at radius 3 is 2.72 bits per heavy atom. The molecule has 2 N–H and O–H groups in total. The molecule has 1 aromatic carbocycles. The third-order valence-electron chi connectivity index (χ3n) is 7.59. The number of rotatable bonds is 5. The molecule has 2 aliphatic heterocycles. The first-order valence-corrected chi connectivity index (χ1v) is 13.4. The molecule has 2 fully saturated rings. The number of nitrogens with one attached hydrogen (secondary N) is 2. The summed E-state index contributed by atoms with van der Waals surface area (Å²) in [4.78, 5) is 33.7. The van der Waals surface area contributed by atoms with Crippen molar-refractivity contribution in [2.24, 2.45) is 5.92 Å². The number of hydrogen-bond donors (Lipinski definition) is 2. The van der Waals surface area contributed by atoms with Crippen molar-refractivity contribution < 1.29 is 14.3 Å². The van der Waals surface area contributed by atoms with Crippen LogP contribution < -0.4 is 10.2 Å². The lowest BCUT2D eigenvalue weighted by molar-refractivity contribution is -0.132. The van der Waals surface area contributed by atoms with Gasteiger partial charge in [-0.1, -0.05) is 12.1 Å². The number of benzene rings is 1. The van der Waals surface area contributed by atoms with Crippen molar-refractivity contribution in [3.05, 3.63) is 48.8 Å². The Morgan fingerprint density at radius 1 is 1.13 bits per heavy atom. The monoisotopic (exact) mass is 528 g/mol. The van der Waals surface area contributed by atoms with Crippen LogP contribution in [0.2, 0.25) is 0 Å². The Morgan fingerprint density at radius 2 is 1.97 bits per heavy atom. The van der Waals surface area contributed by atoms with E-state index in [1.807, 2.05) is 36.5 Å². The summed E-state index contributed by atoms with van der Waals surface area (Å²) in [5.41, 5.74) is 3.43. The summed E-state index contributed by atoms with van der Waals surface area (Å²) in [7, 11) is 0. The van der Waals surface area contributed by atoms with Crippen LogP contribution in [-0.2, 0) is 14.3 Å². The molecule has 0 radical (unpaired) electrons. The van der Waals surface area contributed by atoms with Gasteiger partial charge >= 0.3 is 0 Å². The summed E-state index contributed by atoms with van der Waals surface area (Å²) >= 11 is 0. The minimum Gasteiger partial charge on any atom is -0.377 e. The van der Waals surface area contributed by atoms with Crippen molar-refractivity contribution in [3.63, 3.8) is 0 Å². The van der Waals surface area contributed by atoms with E-state index in [2.05, 4.69) is 38.5 Å². The van der Waals surface area contributed by atoms with Gasteiger partial charge in [0, 0.05) is 49.9 Å². The van der Waals surface area contributed by atoms with Crippen LogP contribution in [0.1, 0.15) is 26.7 Å². The highest BCUT2D eigenvalue weighted by Gasteiger charge is 2.27. The smallest absolute Gasteiger partial charge is 0.229 e. The lowest BCUT2D eigenvalue weighted by Crippen LogP contribution is -2.44. The molecule has 1 unspecified atom stereocenters. The van der Waals surface area contributed by atoms with Crippen LogP contribution in [0.15, 0.2) is 48.8 Å². The van der Waals surface area contributed by atoms with E-state index >= 15 is 0 Å². The SMILES string of the molecule is CC(=O)N1CCCC(C(=O)Nc2ccc(-c3cc(N4CCOC[C@H]4C)nc4c3cnn4-c3cc[nH]n3)cc2)C1. The maximum Gasteiger partial charge on any atom is 0.229 e. The lowest BCUT2D eigenvalue weighted by atomic mass is 9.97. The van der Waals surface area contributed by atoms with E-state index in [0.29, 0.717) is 25.6 Å². The first-order chi connectivity index (χ1) is 19.0. The number of morpholine rings is 1. The summed E-state index contributed by atoms with van der Waals surface area (Å²) in [6, 6.07) is 12.0. The van der Waals surface area contributed by atoms with E-state index in [4.69, 9.17) is 9.72 Å². The van der Waals surface area contributed by atoms with E-state index in [0.717, 1.165) is 59.6 Å². The number of pyridine rings is 1. The first-order valence-electron chi connectivity index (χ1n) is 13.4. The average Bonchev–Trinajstić information content (AvgIpc) is 3.63. The quantitative estimate of drug-likeness (QED) is 0.408. The van der Waals surface area contributed by atoms with Gasteiger partial charge in [-0.2, -0.15) is 14.9 Å². The summed E-state index contributed by atoms with van der Waals surface area (Å²) in [6.07, 6.45) is 5.20. The highest BCUT2D eigenvalue weighted by Crippen LogP contribution is 2.34. The Hall–Kier alpha value is -4.25. The van der Waals surface area contributed by atoms with Crippen molar-refractivity contribution in [3.8, 4) is 16.9 Å². The molecule has 0 saturated carbocycles. The van der Waals surface area contributed by atoms with Crippen molar-refractivity contribution in [1.29, 1.82) is 0 Å². The fraction of sp³-hybridized carbons (Fsp3) is 0.393. The molecule has 0 bridgehead atoms. The maximum absolute atomic E-state index is 12.9. The van der Waals surface area contributed by atoms with E-state index in [9.17, 15) is 9.59 Å². The molecule has 2 saturated heterocycles. The van der Waals surface area contributed by atoms with Gasteiger partial charge in [-0.25, -0.2) is 4.98 Å². The molecule has 0 aliphatic carbocycles. The number of carbonyl (C=O) groups excluding carboxylic acids is 2. The minimum absolute atomic E-state index is 0.0157. The highest BCUT2D eigenvalue weighted by molar-refractivity contribution is 5.96. The van der Waals surface area contributed by atoms with Crippen LogP contribution >= 0.6 is 0 Å². The van der Waals surface area contributed by atoms with E-state index in [1.54, 1.807) is 22.7 Å². The molecule has 3 aromatic heterocycles. The number of carbonyl (C=O) groups is 2. The fourth-order valence-corrected chi connectivity index (χ4v) is 5.43.